The molecule has 0 bridgehead atoms. The fraction of sp³-hybridized carbons (Fsp3) is 0.500. The largest absolute Gasteiger partial charge is 0.474 e. The van der Waals surface area contributed by atoms with Crippen LogP contribution in [0, 0.1) is 13.8 Å². The van der Waals surface area contributed by atoms with Crippen molar-refractivity contribution in [2.24, 2.45) is 0 Å². The normalized spacial score (nSPS) is 19.6. The van der Waals surface area contributed by atoms with Gasteiger partial charge in [0.15, 0.2) is 0 Å². The first-order valence-electron chi connectivity index (χ1n) is 12.1. The third-order valence-electron chi connectivity index (χ3n) is 6.64. The Hall–Kier alpha value is -3.80. The van der Waals surface area contributed by atoms with Gasteiger partial charge in [0.1, 0.15) is 12.6 Å². The van der Waals surface area contributed by atoms with Gasteiger partial charge in [0.25, 0.3) is 0 Å². The van der Waals surface area contributed by atoms with E-state index in [9.17, 15) is 4.79 Å². The van der Waals surface area contributed by atoms with Crippen LogP contribution in [0.1, 0.15) is 24.2 Å². The highest BCUT2D eigenvalue weighted by Gasteiger charge is 2.36. The minimum Gasteiger partial charge on any atom is -0.474 e. The van der Waals surface area contributed by atoms with Crippen LogP contribution in [0.25, 0.3) is 11.3 Å². The number of nitrogens with two attached hydrogens (primary N) is 1. The number of aromatic nitrogens is 6. The predicted molar refractivity (Wildman–Crippen MR) is 132 cm³/mol. The second kappa shape index (κ2) is 10.1. The molecule has 2 N–H and O–H groups in total. The fourth-order valence-corrected chi connectivity index (χ4v) is 4.40. The molecular formula is C24H31N9O3. The summed E-state index contributed by atoms with van der Waals surface area (Å²) in [6.45, 7) is 6.77. The standard InChI is InChI=1S/C24H31N9O3/c1-15-8-16(2)33(30-15)14-22(34)31(3)18-9-19(10-18)36-21-11-20(17-12-26-23(25)27-13-17)28-24(29-21)32-4-6-35-7-5-32/h8,11-13,18-19H,4-7,9-10,14H2,1-3H3,(H2,25,26,27). The minimum absolute atomic E-state index is 0.0342. The van der Waals surface area contributed by atoms with Crippen LogP contribution >= 0.6 is 0 Å². The van der Waals surface area contributed by atoms with Crippen molar-refractivity contribution in [3.63, 3.8) is 0 Å². The Balaban J connectivity index is 1.25. The molecule has 0 radical (unpaired) electrons. The topological polar surface area (TPSA) is 137 Å². The number of likely N-dealkylation sites (N-methyl/N-ethyl adjacent to an activating group) is 1. The molecule has 1 saturated heterocycles. The Bertz CT molecular complexity index is 1220. The average molecular weight is 494 g/mol. The first-order valence-corrected chi connectivity index (χ1v) is 12.1. The van der Waals surface area contributed by atoms with E-state index >= 15 is 0 Å². The summed E-state index contributed by atoms with van der Waals surface area (Å²) in [5, 5.41) is 4.39. The predicted octanol–water partition coefficient (Wildman–Crippen LogP) is 1.23. The Morgan fingerprint density at radius 1 is 1.17 bits per heavy atom. The van der Waals surface area contributed by atoms with Gasteiger partial charge in [0.2, 0.25) is 23.7 Å². The van der Waals surface area contributed by atoms with Gasteiger partial charge in [-0.15, -0.1) is 0 Å². The number of ether oxygens (including phenoxy) is 2. The van der Waals surface area contributed by atoms with Gasteiger partial charge in [-0.05, 0) is 19.9 Å². The van der Waals surface area contributed by atoms with Gasteiger partial charge in [-0.3, -0.25) is 9.48 Å². The van der Waals surface area contributed by atoms with Gasteiger partial charge in [0, 0.05) is 68.7 Å². The molecule has 5 rings (SSSR count). The number of hydrogen-bond acceptors (Lipinski definition) is 10. The van der Waals surface area contributed by atoms with E-state index in [1.54, 1.807) is 28.0 Å². The summed E-state index contributed by atoms with van der Waals surface area (Å²) in [7, 11) is 1.84. The summed E-state index contributed by atoms with van der Waals surface area (Å²) >= 11 is 0. The summed E-state index contributed by atoms with van der Waals surface area (Å²) in [6.07, 6.45) is 4.70. The van der Waals surface area contributed by atoms with E-state index in [1.807, 2.05) is 27.0 Å². The van der Waals surface area contributed by atoms with Crippen LogP contribution in [-0.2, 0) is 16.1 Å². The summed E-state index contributed by atoms with van der Waals surface area (Å²) in [4.78, 5) is 34.2. The molecule has 4 heterocycles. The molecule has 36 heavy (non-hydrogen) atoms. The molecule has 0 aromatic carbocycles. The van der Waals surface area contributed by atoms with Crippen molar-refractivity contribution >= 4 is 17.8 Å². The lowest BCUT2D eigenvalue weighted by Gasteiger charge is -2.40. The molecule has 3 aromatic heterocycles. The molecule has 1 aliphatic heterocycles. The summed E-state index contributed by atoms with van der Waals surface area (Å²) < 4.78 is 13.5. The first kappa shape index (κ1) is 23.9. The number of carbonyl (C=O) groups is 1. The number of aryl methyl sites for hydroxylation is 2. The van der Waals surface area contributed by atoms with E-state index < -0.39 is 0 Å². The van der Waals surface area contributed by atoms with Gasteiger partial charge in [-0.2, -0.15) is 10.1 Å². The molecule has 1 amide bonds. The smallest absolute Gasteiger partial charge is 0.244 e. The van der Waals surface area contributed by atoms with Crippen molar-refractivity contribution in [3.05, 3.63) is 35.9 Å². The van der Waals surface area contributed by atoms with E-state index in [0.29, 0.717) is 43.8 Å². The molecule has 0 spiro atoms. The lowest BCUT2D eigenvalue weighted by Crippen LogP contribution is -2.50. The van der Waals surface area contributed by atoms with Crippen LogP contribution < -0.4 is 15.4 Å². The van der Waals surface area contributed by atoms with Crippen molar-refractivity contribution in [1.29, 1.82) is 0 Å². The summed E-state index contributed by atoms with van der Waals surface area (Å²) in [5.74, 6) is 1.30. The van der Waals surface area contributed by atoms with Crippen LogP contribution in [0.2, 0.25) is 0 Å². The van der Waals surface area contributed by atoms with Gasteiger partial charge >= 0.3 is 0 Å². The Kier molecular flexibility index (Phi) is 6.68. The van der Waals surface area contributed by atoms with E-state index in [1.165, 1.54) is 0 Å². The average Bonchev–Trinajstić information content (AvgIpc) is 3.17. The number of anilines is 2. The molecule has 0 unspecified atom stereocenters. The van der Waals surface area contributed by atoms with E-state index in [-0.39, 0.29) is 30.5 Å². The number of hydrogen-bond donors (Lipinski definition) is 1. The molecule has 12 heteroatoms. The number of carbonyl (C=O) groups excluding carboxylic acids is 1. The van der Waals surface area contributed by atoms with Crippen molar-refractivity contribution < 1.29 is 14.3 Å². The van der Waals surface area contributed by atoms with Crippen molar-refractivity contribution in [3.8, 4) is 17.1 Å². The second-order valence-electron chi connectivity index (χ2n) is 9.28. The van der Waals surface area contributed by atoms with Crippen molar-refractivity contribution in [2.45, 2.75) is 45.4 Å². The molecule has 0 atom stereocenters. The number of rotatable bonds is 7. The van der Waals surface area contributed by atoms with E-state index in [4.69, 9.17) is 20.2 Å². The minimum atomic E-state index is -0.0399. The number of nitrogens with zero attached hydrogens (tertiary/aromatic N) is 8. The monoisotopic (exact) mass is 493 g/mol. The Morgan fingerprint density at radius 2 is 1.89 bits per heavy atom. The summed E-state index contributed by atoms with van der Waals surface area (Å²) in [6, 6.07) is 3.88. The molecule has 190 valence electrons. The van der Waals surface area contributed by atoms with E-state index in [2.05, 4.69) is 25.0 Å². The zero-order valence-electron chi connectivity index (χ0n) is 20.8. The van der Waals surface area contributed by atoms with Gasteiger partial charge in [-0.1, -0.05) is 0 Å². The zero-order chi connectivity index (χ0) is 25.2. The number of amides is 1. The first-order chi connectivity index (χ1) is 17.4. The van der Waals surface area contributed by atoms with Gasteiger partial charge in [-0.25, -0.2) is 15.0 Å². The molecule has 1 saturated carbocycles. The third kappa shape index (κ3) is 5.23. The van der Waals surface area contributed by atoms with Crippen molar-refractivity contribution in [2.75, 3.05) is 44.0 Å². The lowest BCUT2D eigenvalue weighted by atomic mass is 9.88. The maximum atomic E-state index is 12.8. The summed E-state index contributed by atoms with van der Waals surface area (Å²) in [5.41, 5.74) is 8.93. The van der Waals surface area contributed by atoms with Crippen LogP contribution in [0.4, 0.5) is 11.9 Å². The molecule has 1 aliphatic carbocycles. The highest BCUT2D eigenvalue weighted by molar-refractivity contribution is 5.76. The SMILES string of the molecule is Cc1cc(C)n(CC(=O)N(C)C2CC(Oc3cc(-c4cnc(N)nc4)nc(N4CCOCC4)n3)C2)n1. The third-order valence-corrected chi connectivity index (χ3v) is 6.64. The Morgan fingerprint density at radius 3 is 2.56 bits per heavy atom. The van der Waals surface area contributed by atoms with E-state index in [0.717, 1.165) is 29.8 Å². The highest BCUT2D eigenvalue weighted by atomic mass is 16.5. The van der Waals surface area contributed by atoms with Crippen LogP contribution in [0.15, 0.2) is 24.5 Å². The Labute approximate surface area is 209 Å². The molecule has 12 nitrogen and oxygen atoms in total. The quantitative estimate of drug-likeness (QED) is 0.511. The molecular weight excluding hydrogens is 462 g/mol. The van der Waals surface area contributed by atoms with Gasteiger partial charge in [0.05, 0.1) is 24.6 Å². The molecule has 2 aliphatic rings. The number of morpholine rings is 1. The van der Waals surface area contributed by atoms with Crippen molar-refractivity contribution in [1.82, 2.24) is 34.6 Å². The number of nitrogen functional groups attached to an aromatic ring is 1. The lowest BCUT2D eigenvalue weighted by molar-refractivity contribution is -0.136. The van der Waals surface area contributed by atoms with Gasteiger partial charge < -0.3 is 25.0 Å². The molecule has 3 aromatic rings. The van der Waals surface area contributed by atoms with Crippen LogP contribution in [0.5, 0.6) is 5.88 Å². The second-order valence-corrected chi connectivity index (χ2v) is 9.28. The fourth-order valence-electron chi connectivity index (χ4n) is 4.40. The van der Waals surface area contributed by atoms with Crippen LogP contribution in [0.3, 0.4) is 0 Å². The zero-order valence-corrected chi connectivity index (χ0v) is 20.8. The molecule has 2 fully saturated rings. The highest BCUT2D eigenvalue weighted by Crippen LogP contribution is 2.31. The maximum absolute atomic E-state index is 12.8. The van der Waals surface area contributed by atoms with Crippen LogP contribution in [-0.4, -0.2) is 86.0 Å². The maximum Gasteiger partial charge on any atom is 0.244 e.